The third kappa shape index (κ3) is 6.07. The van der Waals surface area contributed by atoms with Crippen LogP contribution in [0.5, 0.6) is 0 Å². The van der Waals surface area contributed by atoms with E-state index in [-0.39, 0.29) is 44.0 Å². The van der Waals surface area contributed by atoms with Crippen molar-refractivity contribution in [3.63, 3.8) is 0 Å². The number of hydrogen-bond donors (Lipinski definition) is 2. The highest BCUT2D eigenvalue weighted by Crippen LogP contribution is 2.32. The van der Waals surface area contributed by atoms with E-state index in [9.17, 15) is 37.7 Å². The van der Waals surface area contributed by atoms with Crippen LogP contribution in [0.25, 0.3) is 0 Å². The summed E-state index contributed by atoms with van der Waals surface area (Å²) in [4.78, 5) is 49.9. The molecule has 0 radical (unpaired) electrons. The van der Waals surface area contributed by atoms with E-state index in [4.69, 9.17) is 0 Å². The molecule has 0 atom stereocenters. The maximum absolute atomic E-state index is 13.2. The summed E-state index contributed by atoms with van der Waals surface area (Å²) in [5, 5.41) is 10.8. The molecular weight excluding hydrogens is 459 g/mol. The van der Waals surface area contributed by atoms with Crippen LogP contribution in [0.1, 0.15) is 26.3 Å². The number of piperazine rings is 1. The summed E-state index contributed by atoms with van der Waals surface area (Å²) >= 11 is 0. The van der Waals surface area contributed by atoms with Crippen molar-refractivity contribution < 1.29 is 32.5 Å². The Labute approximate surface area is 191 Å². The molecular formula is C21H20F3N5O5. The van der Waals surface area contributed by atoms with E-state index in [2.05, 4.69) is 10.9 Å². The number of nitro benzene ring substituents is 1. The first-order valence-electron chi connectivity index (χ1n) is 10.1. The van der Waals surface area contributed by atoms with Gasteiger partial charge in [0, 0.05) is 43.9 Å². The van der Waals surface area contributed by atoms with Crippen molar-refractivity contribution in [3.05, 3.63) is 75.3 Å². The number of non-ortho nitro benzene ring substituents is 1. The topological polar surface area (TPSA) is 125 Å². The fraction of sp³-hybridized carbons (Fsp3) is 0.286. The highest BCUT2D eigenvalue weighted by atomic mass is 19.4. The minimum Gasteiger partial charge on any atom is -0.336 e. The van der Waals surface area contributed by atoms with Crippen LogP contribution in [0.4, 0.5) is 18.9 Å². The smallest absolute Gasteiger partial charge is 0.336 e. The molecule has 0 saturated carbocycles. The second-order valence-corrected chi connectivity index (χ2v) is 7.42. The lowest BCUT2D eigenvalue weighted by Gasteiger charge is -2.34. The molecule has 1 heterocycles. The van der Waals surface area contributed by atoms with Crippen molar-refractivity contribution in [3.8, 4) is 0 Å². The largest absolute Gasteiger partial charge is 0.417 e. The average molecular weight is 479 g/mol. The number of hydrazine groups is 1. The number of nitro groups is 1. The van der Waals surface area contributed by atoms with Gasteiger partial charge in [-0.2, -0.15) is 13.2 Å². The van der Waals surface area contributed by atoms with Gasteiger partial charge in [-0.1, -0.05) is 18.2 Å². The van der Waals surface area contributed by atoms with Gasteiger partial charge in [-0.25, -0.2) is 0 Å². The molecule has 13 heteroatoms. The first-order chi connectivity index (χ1) is 16.1. The number of hydrogen-bond acceptors (Lipinski definition) is 6. The van der Waals surface area contributed by atoms with Crippen LogP contribution >= 0.6 is 0 Å². The molecule has 2 aromatic carbocycles. The summed E-state index contributed by atoms with van der Waals surface area (Å²) in [6.07, 6.45) is -4.65. The lowest BCUT2D eigenvalue weighted by atomic mass is 10.1. The lowest BCUT2D eigenvalue weighted by molar-refractivity contribution is -0.384. The molecule has 1 saturated heterocycles. The van der Waals surface area contributed by atoms with Crippen LogP contribution in [-0.4, -0.2) is 65.2 Å². The maximum atomic E-state index is 13.2. The number of nitrogens with one attached hydrogen (secondary N) is 2. The van der Waals surface area contributed by atoms with Gasteiger partial charge < -0.3 is 4.90 Å². The van der Waals surface area contributed by atoms with Gasteiger partial charge in [0.1, 0.15) is 0 Å². The maximum Gasteiger partial charge on any atom is 0.417 e. The number of rotatable bonds is 5. The van der Waals surface area contributed by atoms with Crippen molar-refractivity contribution in [2.45, 2.75) is 6.18 Å². The zero-order valence-corrected chi connectivity index (χ0v) is 17.7. The number of nitrogens with zero attached hydrogens (tertiary/aromatic N) is 3. The van der Waals surface area contributed by atoms with Crippen LogP contribution in [-0.2, 0) is 11.0 Å². The van der Waals surface area contributed by atoms with Crippen LogP contribution in [0.2, 0.25) is 0 Å². The summed E-state index contributed by atoms with van der Waals surface area (Å²) in [5.41, 5.74) is 2.66. The summed E-state index contributed by atoms with van der Waals surface area (Å²) in [6, 6.07) is 9.55. The minimum atomic E-state index is -4.65. The number of amides is 3. The molecule has 0 bridgehead atoms. The average Bonchev–Trinajstić information content (AvgIpc) is 2.82. The standard InChI is InChI=1S/C21H20F3N5O5/c22-21(23,24)17-7-2-1-6-16(17)20(32)28-10-8-27(9-11-28)13-18(30)25-26-19(31)14-4-3-5-15(12-14)29(33)34/h1-7,12H,8-11,13H2,(H,25,30)(H,26,31). The molecule has 34 heavy (non-hydrogen) atoms. The number of alkyl halides is 3. The van der Waals surface area contributed by atoms with Crippen LogP contribution in [0.15, 0.2) is 48.5 Å². The minimum absolute atomic E-state index is 0.0132. The summed E-state index contributed by atoms with van der Waals surface area (Å²) in [7, 11) is 0. The van der Waals surface area contributed by atoms with Gasteiger partial charge in [-0.05, 0) is 18.2 Å². The summed E-state index contributed by atoms with van der Waals surface area (Å²) < 4.78 is 39.6. The normalized spacial score (nSPS) is 14.4. The molecule has 3 rings (SSSR count). The van der Waals surface area contributed by atoms with E-state index in [0.29, 0.717) is 0 Å². The fourth-order valence-electron chi connectivity index (χ4n) is 3.40. The Morgan fingerprint density at radius 3 is 2.29 bits per heavy atom. The zero-order valence-electron chi connectivity index (χ0n) is 17.7. The Bertz CT molecular complexity index is 1100. The Morgan fingerprint density at radius 1 is 0.971 bits per heavy atom. The van der Waals surface area contributed by atoms with E-state index in [1.807, 2.05) is 0 Å². The zero-order chi connectivity index (χ0) is 24.9. The van der Waals surface area contributed by atoms with E-state index in [1.54, 1.807) is 4.90 Å². The molecule has 1 fully saturated rings. The molecule has 2 N–H and O–H groups in total. The second kappa shape index (κ2) is 10.3. The van der Waals surface area contributed by atoms with Gasteiger partial charge in [0.2, 0.25) is 0 Å². The Morgan fingerprint density at radius 2 is 1.65 bits per heavy atom. The van der Waals surface area contributed by atoms with E-state index in [1.165, 1.54) is 35.2 Å². The quantitative estimate of drug-likeness (QED) is 0.498. The van der Waals surface area contributed by atoms with Gasteiger partial charge in [0.05, 0.1) is 22.6 Å². The van der Waals surface area contributed by atoms with Gasteiger partial charge in [0.25, 0.3) is 23.4 Å². The van der Waals surface area contributed by atoms with Crippen molar-refractivity contribution in [2.75, 3.05) is 32.7 Å². The lowest BCUT2D eigenvalue weighted by Crippen LogP contribution is -2.53. The predicted octanol–water partition coefficient (Wildman–Crippen LogP) is 1.83. The number of benzene rings is 2. The molecule has 0 aliphatic carbocycles. The predicted molar refractivity (Wildman–Crippen MR) is 112 cm³/mol. The number of halogens is 3. The summed E-state index contributed by atoms with van der Waals surface area (Å²) in [6.45, 7) is 0.603. The SMILES string of the molecule is O=C(CN1CCN(C(=O)c2ccccc2C(F)(F)F)CC1)NNC(=O)c1cccc([N+](=O)[O-])c1. The van der Waals surface area contributed by atoms with Crippen molar-refractivity contribution in [1.29, 1.82) is 0 Å². The molecule has 3 amide bonds. The molecule has 2 aromatic rings. The first kappa shape index (κ1) is 24.6. The molecule has 0 aromatic heterocycles. The van der Waals surface area contributed by atoms with Crippen molar-refractivity contribution >= 4 is 23.4 Å². The third-order valence-corrected chi connectivity index (χ3v) is 5.12. The van der Waals surface area contributed by atoms with Crippen molar-refractivity contribution in [1.82, 2.24) is 20.7 Å². The van der Waals surface area contributed by atoms with Gasteiger partial charge in [-0.3, -0.25) is 40.2 Å². The van der Waals surface area contributed by atoms with E-state index >= 15 is 0 Å². The molecule has 180 valence electrons. The Balaban J connectivity index is 1.49. The number of carbonyl (C=O) groups excluding carboxylic acids is 3. The Kier molecular flexibility index (Phi) is 7.46. The van der Waals surface area contributed by atoms with E-state index in [0.717, 1.165) is 18.2 Å². The highest BCUT2D eigenvalue weighted by Gasteiger charge is 2.36. The van der Waals surface area contributed by atoms with Crippen LogP contribution < -0.4 is 10.9 Å². The fourth-order valence-corrected chi connectivity index (χ4v) is 3.40. The molecule has 0 unspecified atom stereocenters. The third-order valence-electron chi connectivity index (χ3n) is 5.12. The summed E-state index contributed by atoms with van der Waals surface area (Å²) in [5.74, 6) is -2.04. The van der Waals surface area contributed by atoms with E-state index < -0.39 is 39.9 Å². The molecule has 1 aliphatic heterocycles. The van der Waals surface area contributed by atoms with Crippen molar-refractivity contribution in [2.24, 2.45) is 0 Å². The molecule has 1 aliphatic rings. The van der Waals surface area contributed by atoms with Crippen LogP contribution in [0.3, 0.4) is 0 Å². The van der Waals surface area contributed by atoms with Gasteiger partial charge >= 0.3 is 6.18 Å². The number of carbonyl (C=O) groups is 3. The second-order valence-electron chi connectivity index (χ2n) is 7.42. The van der Waals surface area contributed by atoms with Crippen LogP contribution in [0, 0.1) is 10.1 Å². The highest BCUT2D eigenvalue weighted by molar-refractivity contribution is 5.96. The molecule has 0 spiro atoms. The van der Waals surface area contributed by atoms with Gasteiger partial charge in [0.15, 0.2) is 0 Å². The van der Waals surface area contributed by atoms with Gasteiger partial charge in [-0.15, -0.1) is 0 Å². The molecule has 10 nitrogen and oxygen atoms in total. The Hall–Kier alpha value is -4.00. The first-order valence-corrected chi connectivity index (χ1v) is 10.1. The monoisotopic (exact) mass is 479 g/mol.